The molecule has 3 N–H and O–H groups in total. The zero-order valence-electron chi connectivity index (χ0n) is 11.2. The Kier molecular flexibility index (Phi) is 3.51. The molecule has 0 radical (unpaired) electrons. The molecule has 0 amide bonds. The van der Waals surface area contributed by atoms with Gasteiger partial charge in [-0.05, 0) is 23.8 Å². The fraction of sp³-hybridized carbons (Fsp3) is 0.200. The van der Waals surface area contributed by atoms with Crippen LogP contribution in [0.1, 0.15) is 12.1 Å². The molecule has 1 atom stereocenters. The van der Waals surface area contributed by atoms with Gasteiger partial charge in [0.25, 0.3) is 0 Å². The van der Waals surface area contributed by atoms with E-state index in [2.05, 4.69) is 5.10 Å². The van der Waals surface area contributed by atoms with Gasteiger partial charge >= 0.3 is 0 Å². The lowest BCUT2D eigenvalue weighted by atomic mass is 10.0. The summed E-state index contributed by atoms with van der Waals surface area (Å²) in [4.78, 5) is 0. The number of nitrogen functional groups attached to an aromatic ring is 1. The van der Waals surface area contributed by atoms with Crippen molar-refractivity contribution in [3.63, 3.8) is 0 Å². The summed E-state index contributed by atoms with van der Waals surface area (Å²) in [6.07, 6.45) is 4.78. The summed E-state index contributed by atoms with van der Waals surface area (Å²) in [5.74, 6) is -0.115. The van der Waals surface area contributed by atoms with Gasteiger partial charge in [0.2, 0.25) is 0 Å². The summed E-state index contributed by atoms with van der Waals surface area (Å²) >= 11 is 6.03. The number of alkyl halides is 1. The van der Waals surface area contributed by atoms with Crippen molar-refractivity contribution in [2.24, 2.45) is 5.73 Å². The lowest BCUT2D eigenvalue weighted by Gasteiger charge is -2.14. The Morgan fingerprint density at radius 2 is 2.33 bits per heavy atom. The minimum Gasteiger partial charge on any atom is -0.382 e. The Morgan fingerprint density at radius 1 is 1.52 bits per heavy atom. The molecule has 108 valence electrons. The first-order valence-corrected chi connectivity index (χ1v) is 6.94. The van der Waals surface area contributed by atoms with E-state index in [0.717, 1.165) is 10.9 Å². The van der Waals surface area contributed by atoms with Gasteiger partial charge in [0.15, 0.2) is 0 Å². The molecule has 3 rings (SSSR count). The van der Waals surface area contributed by atoms with Gasteiger partial charge in [-0.15, -0.1) is 0 Å². The highest BCUT2D eigenvalue weighted by atomic mass is 35.5. The fourth-order valence-electron chi connectivity index (χ4n) is 2.44. The molecule has 1 aromatic heterocycles. The molecule has 21 heavy (non-hydrogen) atoms. The molecule has 0 saturated carbocycles. The van der Waals surface area contributed by atoms with E-state index < -0.39 is 6.17 Å². The van der Waals surface area contributed by atoms with E-state index in [1.165, 1.54) is 0 Å². The van der Waals surface area contributed by atoms with E-state index in [9.17, 15) is 4.39 Å². The van der Waals surface area contributed by atoms with Crippen LogP contribution in [0.2, 0.25) is 5.02 Å². The number of nitrogens with one attached hydrogen (secondary N) is 1. The van der Waals surface area contributed by atoms with Gasteiger partial charge in [-0.3, -0.25) is 10.1 Å². The maximum atomic E-state index is 13.9. The molecule has 1 aliphatic carbocycles. The van der Waals surface area contributed by atoms with Gasteiger partial charge in [-0.2, -0.15) is 5.10 Å². The normalized spacial score (nSPS) is 18.0. The van der Waals surface area contributed by atoms with Crippen molar-refractivity contribution in [3.8, 4) is 0 Å². The minimum absolute atomic E-state index is 0.115. The monoisotopic (exact) mass is 304 g/mol. The van der Waals surface area contributed by atoms with Gasteiger partial charge in [0, 0.05) is 16.8 Å². The Bertz CT molecular complexity index is 775. The number of benzene rings is 1. The highest BCUT2D eigenvalue weighted by Gasteiger charge is 2.18. The molecule has 1 heterocycles. The van der Waals surface area contributed by atoms with Crippen LogP contribution in [0, 0.1) is 5.41 Å². The molecule has 1 unspecified atom stereocenters. The quantitative estimate of drug-likeness (QED) is 0.675. The second-order valence-corrected chi connectivity index (χ2v) is 5.39. The molecule has 0 aliphatic heterocycles. The van der Waals surface area contributed by atoms with E-state index >= 15 is 0 Å². The summed E-state index contributed by atoms with van der Waals surface area (Å²) in [5, 5.41) is 13.3. The third kappa shape index (κ3) is 2.56. The number of hydrogen-bond acceptors (Lipinski definition) is 2. The van der Waals surface area contributed by atoms with E-state index in [1.807, 2.05) is 6.08 Å². The third-order valence-electron chi connectivity index (χ3n) is 3.49. The first-order valence-electron chi connectivity index (χ1n) is 6.56. The maximum Gasteiger partial charge on any atom is 0.144 e. The van der Waals surface area contributed by atoms with Crippen LogP contribution in [0.25, 0.3) is 10.9 Å². The average Bonchev–Trinajstić information content (AvgIpc) is 2.80. The number of amidine groups is 1. The molecule has 0 spiro atoms. The molecule has 6 heteroatoms. The Morgan fingerprint density at radius 3 is 3.05 bits per heavy atom. The first-order chi connectivity index (χ1) is 10.1. The Labute approximate surface area is 126 Å². The summed E-state index contributed by atoms with van der Waals surface area (Å²) in [7, 11) is 0. The number of nitrogens with zero attached hydrogens (tertiary/aromatic N) is 2. The summed E-state index contributed by atoms with van der Waals surface area (Å²) in [6.45, 7) is 0.315. The van der Waals surface area contributed by atoms with Gasteiger partial charge < -0.3 is 5.73 Å². The Hall–Kier alpha value is -2.14. The molecule has 0 bridgehead atoms. The molecule has 1 aliphatic rings. The number of rotatable bonds is 3. The molecular weight excluding hydrogens is 291 g/mol. The first kappa shape index (κ1) is 13.8. The van der Waals surface area contributed by atoms with Crippen molar-refractivity contribution in [2.75, 3.05) is 0 Å². The van der Waals surface area contributed by atoms with Crippen molar-refractivity contribution in [1.29, 1.82) is 5.41 Å². The van der Waals surface area contributed by atoms with Crippen LogP contribution >= 0.6 is 11.6 Å². The largest absolute Gasteiger partial charge is 0.382 e. The van der Waals surface area contributed by atoms with Crippen molar-refractivity contribution in [1.82, 2.24) is 9.78 Å². The fourth-order valence-corrected chi connectivity index (χ4v) is 2.60. The van der Waals surface area contributed by atoms with Crippen LogP contribution in [-0.2, 0) is 6.54 Å². The van der Waals surface area contributed by atoms with E-state index in [1.54, 1.807) is 35.0 Å². The third-order valence-corrected chi connectivity index (χ3v) is 3.73. The number of hydrogen-bond donors (Lipinski definition) is 2. The topological polar surface area (TPSA) is 67.7 Å². The molecule has 0 saturated heterocycles. The predicted molar refractivity (Wildman–Crippen MR) is 82.5 cm³/mol. The van der Waals surface area contributed by atoms with Gasteiger partial charge in [-0.1, -0.05) is 29.8 Å². The van der Waals surface area contributed by atoms with Gasteiger partial charge in [-0.25, -0.2) is 4.39 Å². The molecule has 1 aromatic carbocycles. The van der Waals surface area contributed by atoms with Crippen LogP contribution < -0.4 is 5.73 Å². The maximum absolute atomic E-state index is 13.9. The van der Waals surface area contributed by atoms with Crippen molar-refractivity contribution >= 4 is 28.3 Å². The van der Waals surface area contributed by atoms with Crippen molar-refractivity contribution in [2.45, 2.75) is 19.1 Å². The highest BCUT2D eigenvalue weighted by Crippen LogP contribution is 2.25. The number of allylic oxidation sites excluding steroid dienone is 4. The molecule has 2 aromatic rings. The predicted octanol–water partition coefficient (Wildman–Crippen LogP) is 3.20. The molecule has 0 fully saturated rings. The van der Waals surface area contributed by atoms with E-state index in [0.29, 0.717) is 29.3 Å². The number of aromatic nitrogens is 2. The minimum atomic E-state index is -1.01. The van der Waals surface area contributed by atoms with Crippen molar-refractivity contribution in [3.05, 3.63) is 52.7 Å². The molecule has 4 nitrogen and oxygen atoms in total. The number of halogens is 2. The second kappa shape index (κ2) is 5.33. The molecular formula is C15H14ClFN4. The highest BCUT2D eigenvalue weighted by molar-refractivity contribution is 6.31. The average molecular weight is 305 g/mol. The zero-order valence-corrected chi connectivity index (χ0v) is 11.9. The van der Waals surface area contributed by atoms with Crippen LogP contribution in [0.15, 0.2) is 42.0 Å². The smallest absolute Gasteiger partial charge is 0.144 e. The zero-order chi connectivity index (χ0) is 15.0. The summed E-state index contributed by atoms with van der Waals surface area (Å²) in [5.41, 5.74) is 7.35. The van der Waals surface area contributed by atoms with Crippen LogP contribution in [0.3, 0.4) is 0 Å². The van der Waals surface area contributed by atoms with Gasteiger partial charge in [0.1, 0.15) is 17.7 Å². The van der Waals surface area contributed by atoms with Crippen LogP contribution in [0.4, 0.5) is 4.39 Å². The summed E-state index contributed by atoms with van der Waals surface area (Å²) in [6, 6.07) is 5.26. The van der Waals surface area contributed by atoms with Crippen LogP contribution in [-0.4, -0.2) is 21.8 Å². The van der Waals surface area contributed by atoms with E-state index in [4.69, 9.17) is 22.7 Å². The lowest BCUT2D eigenvalue weighted by molar-refractivity contribution is 0.367. The second-order valence-electron chi connectivity index (χ2n) is 4.95. The van der Waals surface area contributed by atoms with Gasteiger partial charge in [0.05, 0.1) is 12.1 Å². The van der Waals surface area contributed by atoms with Crippen LogP contribution in [0.5, 0.6) is 0 Å². The number of nitrogens with two attached hydrogens (primary N) is 1. The summed E-state index contributed by atoms with van der Waals surface area (Å²) < 4.78 is 15.6. The standard InChI is InChI=1S/C15H14ClFN4/c16-10-5-6-11-13(7-10)21(20-14(11)15(18)19)8-9-3-1-2-4-12(9)17/h1-3,5-7,12H,4,8H2,(H3,18,19). The SMILES string of the molecule is N=C(N)c1nn(CC2=CC=CCC2F)c2cc(Cl)ccc12. The Balaban J connectivity index is 2.09. The van der Waals surface area contributed by atoms with Crippen molar-refractivity contribution < 1.29 is 4.39 Å². The van der Waals surface area contributed by atoms with E-state index in [-0.39, 0.29) is 5.84 Å². The number of fused-ring (bicyclic) bond motifs is 1. The lowest BCUT2D eigenvalue weighted by Crippen LogP contribution is -2.16.